The molecule has 0 saturated heterocycles. The third-order valence-corrected chi connectivity index (χ3v) is 5.55. The van der Waals surface area contributed by atoms with E-state index >= 15 is 0 Å². The van der Waals surface area contributed by atoms with Crippen LogP contribution in [0.1, 0.15) is 46.3 Å². The van der Waals surface area contributed by atoms with Crippen LogP contribution < -0.4 is 15.8 Å². The first-order valence-electron chi connectivity index (χ1n) is 10.9. The monoisotopic (exact) mass is 492 g/mol. The van der Waals surface area contributed by atoms with Gasteiger partial charge in [-0.15, -0.1) is 0 Å². The number of hydrogen-bond donors (Lipinski definition) is 2. The number of benzene rings is 3. The van der Waals surface area contributed by atoms with Crippen molar-refractivity contribution in [3.8, 4) is 5.75 Å². The van der Waals surface area contributed by atoms with Gasteiger partial charge in [-0.25, -0.2) is 0 Å². The van der Waals surface area contributed by atoms with Gasteiger partial charge in [-0.1, -0.05) is 54.1 Å². The highest BCUT2D eigenvalue weighted by Crippen LogP contribution is 2.31. The topological polar surface area (TPSA) is 64.3 Å². The molecule has 3 N–H and O–H groups in total. The fourth-order valence-electron chi connectivity index (χ4n) is 3.73. The standard InChI is InChI=1S/C26H25F5N2O2/c1-16-5-10-18(11-6-16)23(24(32)34)33-22(19-3-2-4-21(15-19)35-25(27)28)14-9-17-7-12-20(13-8-17)26(29,30)31/h2-8,10-13,15,22-23,25,33H,9,14H2,1H3,(H2,32,34)/t22-,23-/m1/s1. The van der Waals surface area contributed by atoms with Crippen molar-refractivity contribution in [1.82, 2.24) is 5.32 Å². The molecule has 0 aliphatic heterocycles. The van der Waals surface area contributed by atoms with Crippen LogP contribution in [-0.4, -0.2) is 12.5 Å². The fourth-order valence-corrected chi connectivity index (χ4v) is 3.73. The van der Waals surface area contributed by atoms with Gasteiger partial charge in [0, 0.05) is 6.04 Å². The summed E-state index contributed by atoms with van der Waals surface area (Å²) in [5.41, 5.74) is 7.75. The lowest BCUT2D eigenvalue weighted by Gasteiger charge is -2.25. The second kappa shape index (κ2) is 11.3. The molecule has 0 unspecified atom stereocenters. The van der Waals surface area contributed by atoms with Gasteiger partial charge < -0.3 is 10.5 Å². The number of rotatable bonds is 10. The molecule has 186 valence electrons. The summed E-state index contributed by atoms with van der Waals surface area (Å²) in [6.07, 6.45) is -3.73. The van der Waals surface area contributed by atoms with E-state index in [0.717, 1.165) is 17.7 Å². The largest absolute Gasteiger partial charge is 0.435 e. The van der Waals surface area contributed by atoms with Crippen LogP contribution in [0.4, 0.5) is 22.0 Å². The lowest BCUT2D eigenvalue weighted by molar-refractivity contribution is -0.137. The maximum atomic E-state index is 12.9. The zero-order valence-electron chi connectivity index (χ0n) is 18.9. The Labute approximate surface area is 199 Å². The predicted molar refractivity (Wildman–Crippen MR) is 122 cm³/mol. The van der Waals surface area contributed by atoms with Crippen molar-refractivity contribution in [3.63, 3.8) is 0 Å². The number of halogens is 5. The van der Waals surface area contributed by atoms with Crippen molar-refractivity contribution in [3.05, 3.63) is 101 Å². The molecule has 3 rings (SSSR count). The van der Waals surface area contributed by atoms with Gasteiger partial charge in [-0.3, -0.25) is 10.1 Å². The van der Waals surface area contributed by atoms with Crippen molar-refractivity contribution >= 4 is 5.91 Å². The van der Waals surface area contributed by atoms with E-state index in [1.54, 1.807) is 24.3 Å². The summed E-state index contributed by atoms with van der Waals surface area (Å²) in [7, 11) is 0. The number of alkyl halides is 5. The number of hydrogen-bond acceptors (Lipinski definition) is 3. The van der Waals surface area contributed by atoms with Crippen LogP contribution in [0, 0.1) is 6.92 Å². The van der Waals surface area contributed by atoms with Gasteiger partial charge in [-0.2, -0.15) is 22.0 Å². The third kappa shape index (κ3) is 7.51. The first-order valence-corrected chi connectivity index (χ1v) is 10.9. The van der Waals surface area contributed by atoms with Gasteiger partial charge in [0.1, 0.15) is 11.8 Å². The van der Waals surface area contributed by atoms with Crippen molar-refractivity contribution < 1.29 is 31.5 Å². The smallest absolute Gasteiger partial charge is 0.416 e. The van der Waals surface area contributed by atoms with Crippen LogP contribution in [0.25, 0.3) is 0 Å². The van der Waals surface area contributed by atoms with E-state index in [4.69, 9.17) is 5.73 Å². The predicted octanol–water partition coefficient (Wildman–Crippen LogP) is 6.11. The normalized spacial score (nSPS) is 13.5. The van der Waals surface area contributed by atoms with Crippen LogP contribution in [0.3, 0.4) is 0 Å². The molecule has 0 bridgehead atoms. The van der Waals surface area contributed by atoms with E-state index in [0.29, 0.717) is 29.5 Å². The van der Waals surface area contributed by atoms with Crippen LogP contribution in [-0.2, 0) is 17.4 Å². The van der Waals surface area contributed by atoms with Crippen molar-refractivity contribution in [1.29, 1.82) is 0 Å². The number of ether oxygens (including phenoxy) is 1. The fraction of sp³-hybridized carbons (Fsp3) is 0.269. The summed E-state index contributed by atoms with van der Waals surface area (Å²) >= 11 is 0. The third-order valence-electron chi connectivity index (χ3n) is 5.55. The molecule has 0 spiro atoms. The Balaban J connectivity index is 1.87. The number of primary amides is 1. The summed E-state index contributed by atoms with van der Waals surface area (Å²) in [6.45, 7) is -1.10. The van der Waals surface area contributed by atoms with E-state index in [9.17, 15) is 26.7 Å². The highest BCUT2D eigenvalue weighted by Gasteiger charge is 2.30. The Hall–Kier alpha value is -3.46. The van der Waals surface area contributed by atoms with Gasteiger partial charge in [0.15, 0.2) is 0 Å². The summed E-state index contributed by atoms with van der Waals surface area (Å²) in [5, 5.41) is 3.19. The molecule has 0 aliphatic rings. The van der Waals surface area contributed by atoms with Gasteiger partial charge in [0.2, 0.25) is 5.91 Å². The Kier molecular flexibility index (Phi) is 8.45. The summed E-state index contributed by atoms with van der Waals surface area (Å²) in [6, 6.07) is 16.6. The first-order chi connectivity index (χ1) is 16.5. The highest BCUT2D eigenvalue weighted by atomic mass is 19.4. The van der Waals surface area contributed by atoms with E-state index in [1.165, 1.54) is 24.3 Å². The minimum atomic E-state index is -4.43. The van der Waals surface area contributed by atoms with Crippen molar-refractivity contribution in [2.24, 2.45) is 5.73 Å². The minimum absolute atomic E-state index is 0.0511. The molecule has 2 atom stereocenters. The number of aryl methyl sites for hydroxylation is 2. The van der Waals surface area contributed by atoms with Gasteiger partial charge >= 0.3 is 12.8 Å². The van der Waals surface area contributed by atoms with E-state index < -0.39 is 36.3 Å². The Morgan fingerprint density at radius 1 is 0.971 bits per heavy atom. The number of nitrogens with one attached hydrogen (secondary N) is 1. The number of carbonyl (C=O) groups excluding carboxylic acids is 1. The molecule has 3 aromatic carbocycles. The van der Waals surface area contributed by atoms with Gasteiger partial charge in [0.25, 0.3) is 0 Å². The second-order valence-electron chi connectivity index (χ2n) is 8.15. The Bertz CT molecular complexity index is 1120. The maximum Gasteiger partial charge on any atom is 0.416 e. The second-order valence-corrected chi connectivity index (χ2v) is 8.15. The summed E-state index contributed by atoms with van der Waals surface area (Å²) in [5.74, 6) is -0.682. The first kappa shape index (κ1) is 26.2. The molecule has 4 nitrogen and oxygen atoms in total. The SMILES string of the molecule is Cc1ccc([C@@H](N[C@H](CCc2ccc(C(F)(F)F)cc2)c2cccc(OC(F)F)c2)C(N)=O)cc1. The van der Waals surface area contributed by atoms with Crippen LogP contribution in [0.5, 0.6) is 5.75 Å². The zero-order valence-corrected chi connectivity index (χ0v) is 18.9. The van der Waals surface area contributed by atoms with E-state index in [-0.39, 0.29) is 5.75 Å². The molecule has 0 aromatic heterocycles. The molecular formula is C26H25F5N2O2. The highest BCUT2D eigenvalue weighted by molar-refractivity contribution is 5.81. The summed E-state index contributed by atoms with van der Waals surface area (Å²) < 4.78 is 68.6. The lowest BCUT2D eigenvalue weighted by atomic mass is 9.95. The molecule has 0 saturated carbocycles. The molecule has 0 heterocycles. The van der Waals surface area contributed by atoms with Gasteiger partial charge in [0.05, 0.1) is 5.56 Å². The molecule has 3 aromatic rings. The maximum absolute atomic E-state index is 12.9. The van der Waals surface area contributed by atoms with Gasteiger partial charge in [-0.05, 0) is 60.7 Å². The lowest BCUT2D eigenvalue weighted by Crippen LogP contribution is -2.36. The summed E-state index contributed by atoms with van der Waals surface area (Å²) in [4.78, 5) is 12.3. The number of nitrogens with two attached hydrogens (primary N) is 1. The van der Waals surface area contributed by atoms with E-state index in [1.807, 2.05) is 19.1 Å². The Morgan fingerprint density at radius 2 is 1.63 bits per heavy atom. The molecule has 0 fully saturated rings. The zero-order chi connectivity index (χ0) is 25.6. The number of amides is 1. The number of carbonyl (C=O) groups is 1. The van der Waals surface area contributed by atoms with Crippen LogP contribution in [0.2, 0.25) is 0 Å². The minimum Gasteiger partial charge on any atom is -0.435 e. The average molecular weight is 492 g/mol. The van der Waals surface area contributed by atoms with Crippen molar-refractivity contribution in [2.45, 2.75) is 44.6 Å². The molecule has 0 aliphatic carbocycles. The Morgan fingerprint density at radius 3 is 2.20 bits per heavy atom. The van der Waals surface area contributed by atoms with E-state index in [2.05, 4.69) is 10.1 Å². The quantitative estimate of drug-likeness (QED) is 0.336. The molecule has 35 heavy (non-hydrogen) atoms. The molecule has 9 heteroatoms. The molecule has 0 radical (unpaired) electrons. The molecular weight excluding hydrogens is 467 g/mol. The van der Waals surface area contributed by atoms with Crippen LogP contribution >= 0.6 is 0 Å². The van der Waals surface area contributed by atoms with Crippen molar-refractivity contribution in [2.75, 3.05) is 0 Å². The molecule has 1 amide bonds. The average Bonchev–Trinajstić information content (AvgIpc) is 2.79. The van der Waals surface area contributed by atoms with Crippen LogP contribution in [0.15, 0.2) is 72.8 Å².